The summed E-state index contributed by atoms with van der Waals surface area (Å²) in [5, 5.41) is 12.6. The molecular formula is C28H26FN3O4. The number of benzene rings is 3. The molecule has 0 bridgehead atoms. The number of imidazole rings is 1. The molecule has 36 heavy (non-hydrogen) atoms. The molecule has 0 saturated heterocycles. The largest absolute Gasteiger partial charge is 0.497 e. The fraction of sp³-hybridized carbons (Fsp3) is 0.250. The number of aromatic amines is 1. The first kappa shape index (κ1) is 23.5. The first-order chi connectivity index (χ1) is 17.3. The number of hydrogen-bond donors (Lipinski definition) is 3. The second-order valence-corrected chi connectivity index (χ2v) is 9.40. The van der Waals surface area contributed by atoms with Gasteiger partial charge in [0.05, 0.1) is 29.2 Å². The zero-order chi connectivity index (χ0) is 25.4. The third kappa shape index (κ3) is 4.19. The Morgan fingerprint density at radius 1 is 1.11 bits per heavy atom. The summed E-state index contributed by atoms with van der Waals surface area (Å²) in [6.45, 7) is 1.65. The minimum atomic E-state index is -1.03. The molecule has 7 nitrogen and oxygen atoms in total. The van der Waals surface area contributed by atoms with Crippen LogP contribution < -0.4 is 10.1 Å². The molecular weight excluding hydrogens is 461 g/mol. The second-order valence-electron chi connectivity index (χ2n) is 9.40. The van der Waals surface area contributed by atoms with Gasteiger partial charge in [-0.15, -0.1) is 0 Å². The highest BCUT2D eigenvalue weighted by molar-refractivity contribution is 6.01. The van der Waals surface area contributed by atoms with E-state index in [0.717, 1.165) is 23.0 Å². The van der Waals surface area contributed by atoms with E-state index in [1.54, 1.807) is 56.5 Å². The molecule has 8 heteroatoms. The van der Waals surface area contributed by atoms with Crippen molar-refractivity contribution in [3.63, 3.8) is 0 Å². The number of rotatable bonds is 7. The van der Waals surface area contributed by atoms with Gasteiger partial charge in [0.15, 0.2) is 5.78 Å². The van der Waals surface area contributed by atoms with E-state index in [2.05, 4.69) is 15.3 Å². The van der Waals surface area contributed by atoms with Gasteiger partial charge < -0.3 is 20.1 Å². The molecule has 1 aromatic heterocycles. The SMILES string of the molecule is COc1ccc2nc(Nc3ccc(-c4ccc(C(=O)[C@@H]5CCC[C@]5(C)C(=O)O)cc4)cc3F)[nH]c2c1. The third-order valence-corrected chi connectivity index (χ3v) is 7.18. The Balaban J connectivity index is 1.33. The van der Waals surface area contributed by atoms with Crippen molar-refractivity contribution >= 4 is 34.4 Å². The Hall–Kier alpha value is -4.20. The molecule has 1 fully saturated rings. The lowest BCUT2D eigenvalue weighted by Crippen LogP contribution is -2.36. The summed E-state index contributed by atoms with van der Waals surface area (Å²) in [5.74, 6) is -0.968. The number of nitrogens with one attached hydrogen (secondary N) is 2. The maximum atomic E-state index is 14.9. The number of hydrogen-bond acceptors (Lipinski definition) is 5. The van der Waals surface area contributed by atoms with E-state index in [1.807, 2.05) is 12.1 Å². The van der Waals surface area contributed by atoms with Crippen molar-refractivity contribution in [2.24, 2.45) is 11.3 Å². The molecule has 0 aliphatic heterocycles. The van der Waals surface area contributed by atoms with Gasteiger partial charge in [0.2, 0.25) is 5.95 Å². The molecule has 184 valence electrons. The Labute approximate surface area is 207 Å². The number of methoxy groups -OCH3 is 1. The van der Waals surface area contributed by atoms with Gasteiger partial charge in [0, 0.05) is 17.5 Å². The van der Waals surface area contributed by atoms with Crippen LogP contribution in [0.2, 0.25) is 0 Å². The summed E-state index contributed by atoms with van der Waals surface area (Å²) in [5.41, 5.74) is 2.61. The summed E-state index contributed by atoms with van der Waals surface area (Å²) >= 11 is 0. The number of fused-ring (bicyclic) bond motifs is 1. The molecule has 3 N–H and O–H groups in total. The maximum Gasteiger partial charge on any atom is 0.310 e. The van der Waals surface area contributed by atoms with Crippen LogP contribution in [0.15, 0.2) is 60.7 Å². The minimum Gasteiger partial charge on any atom is -0.497 e. The standard InChI is InChI=1S/C28H26FN3O4/c1-28(26(34)35)13-3-4-20(28)25(33)17-7-5-16(6-8-17)18-9-11-22(21(29)14-18)30-27-31-23-12-10-19(36-2)15-24(23)32-27/h5-12,14-15,20H,3-4,13H2,1-2H3,(H,34,35)(H2,30,31,32)/t20-,28-/m0/s1. The van der Waals surface area contributed by atoms with Crippen LogP contribution in [-0.4, -0.2) is 33.9 Å². The molecule has 0 unspecified atom stereocenters. The quantitative estimate of drug-likeness (QED) is 0.268. The summed E-state index contributed by atoms with van der Waals surface area (Å²) in [6.07, 6.45) is 1.79. The van der Waals surface area contributed by atoms with Gasteiger partial charge in [-0.2, -0.15) is 0 Å². The fourth-order valence-corrected chi connectivity index (χ4v) is 4.97. The van der Waals surface area contributed by atoms with E-state index in [4.69, 9.17) is 4.74 Å². The highest BCUT2D eigenvalue weighted by Crippen LogP contribution is 2.45. The van der Waals surface area contributed by atoms with Crippen LogP contribution in [0.4, 0.5) is 16.0 Å². The predicted octanol–water partition coefficient (Wildman–Crippen LogP) is 6.19. The highest BCUT2D eigenvalue weighted by Gasteiger charge is 2.48. The van der Waals surface area contributed by atoms with Gasteiger partial charge >= 0.3 is 5.97 Å². The molecule has 1 saturated carbocycles. The Bertz CT molecular complexity index is 1460. The number of H-pyrrole nitrogens is 1. The number of halogens is 1. The molecule has 1 aliphatic carbocycles. The summed E-state index contributed by atoms with van der Waals surface area (Å²) < 4.78 is 20.2. The number of nitrogens with zero attached hydrogens (tertiary/aromatic N) is 1. The zero-order valence-electron chi connectivity index (χ0n) is 20.0. The maximum absolute atomic E-state index is 14.9. The van der Waals surface area contributed by atoms with E-state index in [9.17, 15) is 19.1 Å². The van der Waals surface area contributed by atoms with E-state index < -0.39 is 23.1 Å². The van der Waals surface area contributed by atoms with Crippen molar-refractivity contribution in [3.8, 4) is 16.9 Å². The summed E-state index contributed by atoms with van der Waals surface area (Å²) in [6, 6.07) is 17.2. The molecule has 2 atom stereocenters. The van der Waals surface area contributed by atoms with Crippen LogP contribution in [0.1, 0.15) is 36.5 Å². The van der Waals surface area contributed by atoms with Crippen LogP contribution >= 0.6 is 0 Å². The zero-order valence-corrected chi connectivity index (χ0v) is 20.0. The lowest BCUT2D eigenvalue weighted by molar-refractivity contribution is -0.149. The summed E-state index contributed by atoms with van der Waals surface area (Å²) in [4.78, 5) is 32.3. The average molecular weight is 488 g/mol. The van der Waals surface area contributed by atoms with Crippen molar-refractivity contribution in [1.82, 2.24) is 9.97 Å². The number of anilines is 2. The monoisotopic (exact) mass is 487 g/mol. The average Bonchev–Trinajstić information content (AvgIpc) is 3.48. The molecule has 0 spiro atoms. The Morgan fingerprint density at radius 2 is 1.86 bits per heavy atom. The number of ether oxygens (including phenoxy) is 1. The van der Waals surface area contributed by atoms with Crippen molar-refractivity contribution < 1.29 is 23.8 Å². The topological polar surface area (TPSA) is 104 Å². The number of carbonyl (C=O) groups excluding carboxylic acids is 1. The number of aromatic nitrogens is 2. The van der Waals surface area contributed by atoms with E-state index in [0.29, 0.717) is 35.7 Å². The first-order valence-electron chi connectivity index (χ1n) is 11.8. The van der Waals surface area contributed by atoms with Gasteiger partial charge in [-0.1, -0.05) is 36.8 Å². The first-order valence-corrected chi connectivity index (χ1v) is 11.8. The normalized spacial score (nSPS) is 19.4. The molecule has 1 heterocycles. The van der Waals surface area contributed by atoms with Crippen LogP contribution in [0.3, 0.4) is 0 Å². The van der Waals surface area contributed by atoms with Crippen LogP contribution in [-0.2, 0) is 4.79 Å². The number of carboxylic acids is 1. The smallest absolute Gasteiger partial charge is 0.310 e. The van der Waals surface area contributed by atoms with Gasteiger partial charge in [-0.25, -0.2) is 9.37 Å². The molecule has 4 aromatic rings. The highest BCUT2D eigenvalue weighted by atomic mass is 19.1. The molecule has 1 aliphatic rings. The number of aliphatic carboxylic acids is 1. The van der Waals surface area contributed by atoms with Crippen molar-refractivity contribution in [1.29, 1.82) is 0 Å². The molecule has 0 radical (unpaired) electrons. The predicted molar refractivity (Wildman–Crippen MR) is 135 cm³/mol. The molecule has 3 aromatic carbocycles. The number of carbonyl (C=O) groups is 2. The van der Waals surface area contributed by atoms with Crippen LogP contribution in [0, 0.1) is 17.2 Å². The van der Waals surface area contributed by atoms with E-state index in [-0.39, 0.29) is 11.5 Å². The fourth-order valence-electron chi connectivity index (χ4n) is 4.97. The van der Waals surface area contributed by atoms with Crippen molar-refractivity contribution in [2.75, 3.05) is 12.4 Å². The lowest BCUT2D eigenvalue weighted by atomic mass is 9.76. The number of ketones is 1. The van der Waals surface area contributed by atoms with Crippen molar-refractivity contribution in [3.05, 3.63) is 72.0 Å². The number of Topliss-reactive ketones (excluding diaryl/α,β-unsaturated/α-hetero) is 1. The Kier molecular flexibility index (Phi) is 5.96. The minimum absolute atomic E-state index is 0.155. The Morgan fingerprint density at radius 3 is 2.56 bits per heavy atom. The van der Waals surface area contributed by atoms with Crippen LogP contribution in [0.25, 0.3) is 22.2 Å². The lowest BCUT2D eigenvalue weighted by Gasteiger charge is -2.25. The van der Waals surface area contributed by atoms with Gasteiger partial charge in [-0.05, 0) is 55.2 Å². The van der Waals surface area contributed by atoms with Crippen molar-refractivity contribution in [2.45, 2.75) is 26.2 Å². The number of carboxylic acid groups (broad SMARTS) is 1. The van der Waals surface area contributed by atoms with E-state index in [1.165, 1.54) is 6.07 Å². The molecule has 5 rings (SSSR count). The third-order valence-electron chi connectivity index (χ3n) is 7.18. The van der Waals surface area contributed by atoms with E-state index >= 15 is 0 Å². The van der Waals surface area contributed by atoms with Crippen LogP contribution in [0.5, 0.6) is 5.75 Å². The van der Waals surface area contributed by atoms with Gasteiger partial charge in [-0.3, -0.25) is 9.59 Å². The second kappa shape index (κ2) is 9.11. The van der Waals surface area contributed by atoms with Gasteiger partial charge in [0.25, 0.3) is 0 Å². The summed E-state index contributed by atoms with van der Waals surface area (Å²) in [7, 11) is 1.59. The van der Waals surface area contributed by atoms with Gasteiger partial charge in [0.1, 0.15) is 11.6 Å². The molecule has 0 amide bonds.